The molecule has 0 spiro atoms. The molecule has 3 N–H and O–H groups in total. The highest BCUT2D eigenvalue weighted by atomic mass is 16.5. The van der Waals surface area contributed by atoms with Crippen LogP contribution in [-0.4, -0.2) is 12.6 Å². The van der Waals surface area contributed by atoms with E-state index in [9.17, 15) is 4.79 Å². The monoisotopic (exact) mass is 346 g/mol. The summed E-state index contributed by atoms with van der Waals surface area (Å²) in [6.45, 7) is 0.777. The van der Waals surface area contributed by atoms with Gasteiger partial charge in [0.15, 0.2) is 0 Å². The third-order valence-electron chi connectivity index (χ3n) is 4.09. The van der Waals surface area contributed by atoms with Gasteiger partial charge in [-0.05, 0) is 40.8 Å². The maximum atomic E-state index is 11.9. The van der Waals surface area contributed by atoms with E-state index in [0.717, 1.165) is 27.9 Å². The van der Waals surface area contributed by atoms with E-state index < -0.39 is 6.09 Å². The van der Waals surface area contributed by atoms with Crippen molar-refractivity contribution >= 4 is 11.8 Å². The second kappa shape index (κ2) is 8.72. The van der Waals surface area contributed by atoms with Crippen LogP contribution in [0.3, 0.4) is 0 Å². The number of alkyl carbamates (subject to hydrolysis) is 1. The summed E-state index contributed by atoms with van der Waals surface area (Å²) in [6.07, 6.45) is 0.307. The predicted molar refractivity (Wildman–Crippen MR) is 105 cm³/mol. The highest BCUT2D eigenvalue weighted by Crippen LogP contribution is 2.25. The van der Waals surface area contributed by atoms with Gasteiger partial charge in [0.2, 0.25) is 0 Å². The van der Waals surface area contributed by atoms with Crippen molar-refractivity contribution in [3.8, 4) is 11.1 Å². The van der Waals surface area contributed by atoms with Crippen molar-refractivity contribution in [2.45, 2.75) is 13.0 Å². The first-order valence-electron chi connectivity index (χ1n) is 8.61. The van der Waals surface area contributed by atoms with Crippen molar-refractivity contribution in [1.82, 2.24) is 5.32 Å². The summed E-state index contributed by atoms with van der Waals surface area (Å²) in [5, 5.41) is 2.81. The molecule has 0 aliphatic rings. The van der Waals surface area contributed by atoms with E-state index in [2.05, 4.69) is 17.4 Å². The summed E-state index contributed by atoms with van der Waals surface area (Å²) in [6, 6.07) is 25.6. The van der Waals surface area contributed by atoms with Crippen LogP contribution in [0, 0.1) is 0 Å². The molecule has 4 nitrogen and oxygen atoms in total. The number of benzene rings is 3. The molecule has 0 radical (unpaired) electrons. The van der Waals surface area contributed by atoms with Gasteiger partial charge in [-0.15, -0.1) is 0 Å². The van der Waals surface area contributed by atoms with Crippen molar-refractivity contribution < 1.29 is 9.53 Å². The summed E-state index contributed by atoms with van der Waals surface area (Å²) in [5.41, 5.74) is 11.0. The molecule has 3 rings (SSSR count). The lowest BCUT2D eigenvalue weighted by molar-refractivity contribution is 0.140. The minimum atomic E-state index is -0.407. The van der Waals surface area contributed by atoms with Crippen LogP contribution >= 0.6 is 0 Å². The fourth-order valence-corrected chi connectivity index (χ4v) is 2.80. The summed E-state index contributed by atoms with van der Waals surface area (Å²) in [4.78, 5) is 11.9. The molecule has 0 saturated heterocycles. The van der Waals surface area contributed by atoms with Crippen molar-refractivity contribution in [3.05, 3.63) is 90.0 Å². The zero-order chi connectivity index (χ0) is 18.2. The Labute approximate surface area is 153 Å². The Morgan fingerprint density at radius 1 is 0.923 bits per heavy atom. The van der Waals surface area contributed by atoms with E-state index in [0.29, 0.717) is 13.0 Å². The van der Waals surface area contributed by atoms with Crippen LogP contribution in [0.2, 0.25) is 0 Å². The second-order valence-electron chi connectivity index (χ2n) is 6.02. The van der Waals surface area contributed by atoms with E-state index in [4.69, 9.17) is 10.5 Å². The standard InChI is InChI=1S/C22H22N2O2/c23-20-11-6-10-19(15-20)21-12-5-4-9-18(21)13-14-24-22(25)26-16-17-7-2-1-3-8-17/h1-12,15H,13-14,16,23H2,(H,24,25). The Balaban J connectivity index is 1.54. The Hall–Kier alpha value is -3.27. The van der Waals surface area contributed by atoms with Gasteiger partial charge in [0.1, 0.15) is 6.61 Å². The largest absolute Gasteiger partial charge is 0.445 e. The minimum absolute atomic E-state index is 0.270. The van der Waals surface area contributed by atoms with E-state index >= 15 is 0 Å². The van der Waals surface area contributed by atoms with E-state index in [1.54, 1.807) is 0 Å². The fourth-order valence-electron chi connectivity index (χ4n) is 2.80. The first-order valence-corrected chi connectivity index (χ1v) is 8.61. The SMILES string of the molecule is Nc1cccc(-c2ccccc2CCNC(=O)OCc2ccccc2)c1. The molecule has 0 aromatic heterocycles. The Kier molecular flexibility index (Phi) is 5.88. The average molecular weight is 346 g/mol. The van der Waals surface area contributed by atoms with Gasteiger partial charge in [0.05, 0.1) is 0 Å². The quantitative estimate of drug-likeness (QED) is 0.650. The normalized spacial score (nSPS) is 10.3. The molecule has 26 heavy (non-hydrogen) atoms. The van der Waals surface area contributed by atoms with Gasteiger partial charge in [-0.3, -0.25) is 0 Å². The molecule has 0 saturated carbocycles. The Morgan fingerprint density at radius 2 is 1.69 bits per heavy atom. The third kappa shape index (κ3) is 4.86. The van der Waals surface area contributed by atoms with Gasteiger partial charge in [-0.2, -0.15) is 0 Å². The maximum absolute atomic E-state index is 11.9. The molecule has 1 amide bonds. The predicted octanol–water partition coefficient (Wildman–Crippen LogP) is 4.40. The second-order valence-corrected chi connectivity index (χ2v) is 6.02. The lowest BCUT2D eigenvalue weighted by Crippen LogP contribution is -2.26. The number of nitrogens with one attached hydrogen (secondary N) is 1. The van der Waals surface area contributed by atoms with Crippen LogP contribution in [0.1, 0.15) is 11.1 Å². The molecule has 0 atom stereocenters. The number of amides is 1. The highest BCUT2D eigenvalue weighted by Gasteiger charge is 2.07. The van der Waals surface area contributed by atoms with Crippen molar-refractivity contribution in [1.29, 1.82) is 0 Å². The first kappa shape index (κ1) is 17.5. The summed E-state index contributed by atoms with van der Waals surface area (Å²) < 4.78 is 5.23. The summed E-state index contributed by atoms with van der Waals surface area (Å²) >= 11 is 0. The average Bonchev–Trinajstić information content (AvgIpc) is 2.67. The molecule has 3 aromatic carbocycles. The highest BCUT2D eigenvalue weighted by molar-refractivity contribution is 5.71. The fraction of sp³-hybridized carbons (Fsp3) is 0.136. The number of anilines is 1. The van der Waals surface area contributed by atoms with Crippen LogP contribution in [-0.2, 0) is 17.8 Å². The van der Waals surface area contributed by atoms with Crippen molar-refractivity contribution in [3.63, 3.8) is 0 Å². The molecular weight excluding hydrogens is 324 g/mol. The number of rotatable bonds is 6. The van der Waals surface area contributed by atoms with E-state index in [1.165, 1.54) is 0 Å². The van der Waals surface area contributed by atoms with Crippen molar-refractivity contribution in [2.24, 2.45) is 0 Å². The van der Waals surface area contributed by atoms with E-state index in [1.807, 2.05) is 66.7 Å². The topological polar surface area (TPSA) is 64.3 Å². The lowest BCUT2D eigenvalue weighted by Gasteiger charge is -2.11. The molecule has 4 heteroatoms. The minimum Gasteiger partial charge on any atom is -0.445 e. The Morgan fingerprint density at radius 3 is 2.50 bits per heavy atom. The molecule has 0 unspecified atom stereocenters. The van der Waals surface area contributed by atoms with Gasteiger partial charge in [0.25, 0.3) is 0 Å². The molecule has 0 aliphatic heterocycles. The molecule has 0 bridgehead atoms. The maximum Gasteiger partial charge on any atom is 0.407 e. The van der Waals surface area contributed by atoms with Gasteiger partial charge < -0.3 is 15.8 Å². The number of nitrogen functional groups attached to an aromatic ring is 1. The van der Waals surface area contributed by atoms with Gasteiger partial charge in [-0.25, -0.2) is 4.79 Å². The molecule has 3 aromatic rings. The van der Waals surface area contributed by atoms with Crippen molar-refractivity contribution in [2.75, 3.05) is 12.3 Å². The number of hydrogen-bond donors (Lipinski definition) is 2. The third-order valence-corrected chi connectivity index (χ3v) is 4.09. The zero-order valence-corrected chi connectivity index (χ0v) is 14.5. The number of carbonyl (C=O) groups excluding carboxylic acids is 1. The molecular formula is C22H22N2O2. The van der Waals surface area contributed by atoms with Crippen LogP contribution < -0.4 is 11.1 Å². The molecule has 132 valence electrons. The zero-order valence-electron chi connectivity index (χ0n) is 14.5. The molecule has 0 aliphatic carbocycles. The number of hydrogen-bond acceptors (Lipinski definition) is 3. The van der Waals surface area contributed by atoms with Crippen LogP contribution in [0.5, 0.6) is 0 Å². The molecule has 0 fully saturated rings. The summed E-state index contributed by atoms with van der Waals surface area (Å²) in [5.74, 6) is 0. The van der Waals surface area contributed by atoms with Gasteiger partial charge >= 0.3 is 6.09 Å². The van der Waals surface area contributed by atoms with Crippen LogP contribution in [0.15, 0.2) is 78.9 Å². The van der Waals surface area contributed by atoms with Crippen LogP contribution in [0.25, 0.3) is 11.1 Å². The smallest absolute Gasteiger partial charge is 0.407 e. The molecule has 0 heterocycles. The number of nitrogens with two attached hydrogens (primary N) is 1. The number of carbonyl (C=O) groups is 1. The van der Waals surface area contributed by atoms with Gasteiger partial charge in [-0.1, -0.05) is 66.7 Å². The first-order chi connectivity index (χ1) is 12.7. The number of ether oxygens (including phenoxy) is 1. The van der Waals surface area contributed by atoms with Crippen LogP contribution in [0.4, 0.5) is 10.5 Å². The summed E-state index contributed by atoms with van der Waals surface area (Å²) in [7, 11) is 0. The Bertz CT molecular complexity index is 863. The van der Waals surface area contributed by atoms with Gasteiger partial charge in [0, 0.05) is 12.2 Å². The van der Waals surface area contributed by atoms with E-state index in [-0.39, 0.29) is 6.61 Å². The lowest BCUT2D eigenvalue weighted by atomic mass is 9.97.